The summed E-state index contributed by atoms with van der Waals surface area (Å²) in [6.45, 7) is 11.2. The molecule has 234 valence electrons. The van der Waals surface area contributed by atoms with Crippen LogP contribution < -0.4 is 14.8 Å². The van der Waals surface area contributed by atoms with Crippen LogP contribution in [0.3, 0.4) is 0 Å². The highest BCUT2D eigenvalue weighted by atomic mass is 16.6. The van der Waals surface area contributed by atoms with E-state index in [4.69, 9.17) is 18.9 Å². The SMILES string of the molecule is COc1cc2c(C3C(=O)Nc4cc(C5CCCN5C(=O)OC(C)(C)C)ccc43)ncnc2cc1OCCCN1CCOCC1. The zero-order chi connectivity index (χ0) is 30.8. The van der Waals surface area contributed by atoms with Crippen LogP contribution in [0.1, 0.15) is 68.8 Å². The normalized spacial score (nSPS) is 20.5. The smallest absolute Gasteiger partial charge is 0.410 e. The molecule has 4 heterocycles. The van der Waals surface area contributed by atoms with Gasteiger partial charge >= 0.3 is 6.09 Å². The van der Waals surface area contributed by atoms with E-state index in [1.54, 1.807) is 12.0 Å². The van der Waals surface area contributed by atoms with Gasteiger partial charge in [-0.2, -0.15) is 0 Å². The molecule has 2 atom stereocenters. The van der Waals surface area contributed by atoms with Crippen molar-refractivity contribution in [2.24, 2.45) is 0 Å². The molecule has 2 aromatic carbocycles. The Bertz CT molecular complexity index is 1530. The molecule has 2 saturated heterocycles. The van der Waals surface area contributed by atoms with Crippen LogP contribution in [0.15, 0.2) is 36.7 Å². The Morgan fingerprint density at radius 2 is 1.91 bits per heavy atom. The lowest BCUT2D eigenvalue weighted by molar-refractivity contribution is -0.116. The number of ether oxygens (including phenoxy) is 4. The summed E-state index contributed by atoms with van der Waals surface area (Å²) >= 11 is 0. The third-order valence-electron chi connectivity index (χ3n) is 8.38. The summed E-state index contributed by atoms with van der Waals surface area (Å²) in [5.41, 5.74) is 3.25. The Labute approximate surface area is 257 Å². The second-order valence-electron chi connectivity index (χ2n) is 12.5. The van der Waals surface area contributed by atoms with Crippen molar-refractivity contribution >= 4 is 28.6 Å². The van der Waals surface area contributed by atoms with Crippen molar-refractivity contribution in [2.75, 3.05) is 58.4 Å². The molecule has 0 radical (unpaired) electrons. The van der Waals surface area contributed by atoms with E-state index in [-0.39, 0.29) is 18.0 Å². The predicted molar refractivity (Wildman–Crippen MR) is 165 cm³/mol. The molecule has 3 aliphatic rings. The van der Waals surface area contributed by atoms with Crippen molar-refractivity contribution in [3.05, 3.63) is 53.5 Å². The fourth-order valence-corrected chi connectivity index (χ4v) is 6.29. The number of aromatic nitrogens is 2. The number of likely N-dealkylation sites (tertiary alicyclic amines) is 1. The molecule has 1 aromatic heterocycles. The fraction of sp³-hybridized carbons (Fsp3) is 0.515. The van der Waals surface area contributed by atoms with E-state index >= 15 is 0 Å². The van der Waals surface area contributed by atoms with Gasteiger partial charge in [0.2, 0.25) is 5.91 Å². The van der Waals surface area contributed by atoms with Crippen molar-refractivity contribution in [3.63, 3.8) is 0 Å². The number of hydrogen-bond acceptors (Lipinski definition) is 9. The molecule has 0 aliphatic carbocycles. The second kappa shape index (κ2) is 12.6. The molecule has 6 rings (SSSR count). The van der Waals surface area contributed by atoms with E-state index < -0.39 is 11.5 Å². The van der Waals surface area contributed by atoms with Gasteiger partial charge in [-0.15, -0.1) is 0 Å². The van der Waals surface area contributed by atoms with Crippen LogP contribution in [0.2, 0.25) is 0 Å². The molecular formula is C33H41N5O6. The lowest BCUT2D eigenvalue weighted by atomic mass is 9.92. The number of nitrogens with one attached hydrogen (secondary N) is 1. The Hall–Kier alpha value is -3.96. The number of nitrogens with zero attached hydrogens (tertiary/aromatic N) is 4. The number of amides is 2. The first-order valence-electron chi connectivity index (χ1n) is 15.4. The van der Waals surface area contributed by atoms with E-state index in [2.05, 4.69) is 20.2 Å². The van der Waals surface area contributed by atoms with Crippen LogP contribution >= 0.6 is 0 Å². The number of rotatable bonds is 8. The first-order valence-corrected chi connectivity index (χ1v) is 15.4. The highest BCUT2D eigenvalue weighted by molar-refractivity contribution is 6.07. The molecule has 2 unspecified atom stereocenters. The number of carbonyl (C=O) groups is 2. The van der Waals surface area contributed by atoms with Gasteiger partial charge in [0.15, 0.2) is 11.5 Å². The largest absolute Gasteiger partial charge is 0.493 e. The van der Waals surface area contributed by atoms with Crippen molar-refractivity contribution in [1.82, 2.24) is 19.8 Å². The van der Waals surface area contributed by atoms with Crippen LogP contribution in [-0.4, -0.2) is 90.5 Å². The quantitative estimate of drug-likeness (QED) is 0.359. The summed E-state index contributed by atoms with van der Waals surface area (Å²) < 4.78 is 22.9. The number of hydrogen-bond donors (Lipinski definition) is 1. The number of carbonyl (C=O) groups excluding carboxylic acids is 2. The van der Waals surface area contributed by atoms with E-state index in [1.165, 1.54) is 6.33 Å². The monoisotopic (exact) mass is 603 g/mol. The first kappa shape index (κ1) is 30.1. The van der Waals surface area contributed by atoms with Gasteiger partial charge < -0.3 is 29.2 Å². The van der Waals surface area contributed by atoms with Crippen LogP contribution in [0, 0.1) is 0 Å². The van der Waals surface area contributed by atoms with Gasteiger partial charge in [0.05, 0.1) is 44.2 Å². The van der Waals surface area contributed by atoms with Gasteiger partial charge in [0.1, 0.15) is 17.8 Å². The van der Waals surface area contributed by atoms with Crippen molar-refractivity contribution in [1.29, 1.82) is 0 Å². The van der Waals surface area contributed by atoms with Crippen molar-refractivity contribution < 1.29 is 28.5 Å². The fourth-order valence-electron chi connectivity index (χ4n) is 6.29. The van der Waals surface area contributed by atoms with Gasteiger partial charge in [0.25, 0.3) is 0 Å². The number of fused-ring (bicyclic) bond motifs is 2. The Balaban J connectivity index is 1.22. The minimum Gasteiger partial charge on any atom is -0.493 e. The van der Waals surface area contributed by atoms with Crippen LogP contribution in [0.25, 0.3) is 10.9 Å². The third kappa shape index (κ3) is 6.30. The maximum atomic E-state index is 13.4. The predicted octanol–water partition coefficient (Wildman–Crippen LogP) is 4.90. The maximum Gasteiger partial charge on any atom is 0.410 e. The van der Waals surface area contributed by atoms with E-state index in [0.29, 0.717) is 35.9 Å². The molecule has 3 aliphatic heterocycles. The number of benzene rings is 2. The molecule has 0 spiro atoms. The van der Waals surface area contributed by atoms with Gasteiger partial charge in [-0.05, 0) is 63.3 Å². The number of anilines is 1. The van der Waals surface area contributed by atoms with Crippen molar-refractivity contribution in [2.45, 2.75) is 57.6 Å². The summed E-state index contributed by atoms with van der Waals surface area (Å²) in [4.78, 5) is 39.6. The highest BCUT2D eigenvalue weighted by Crippen LogP contribution is 2.43. The second-order valence-corrected chi connectivity index (χ2v) is 12.5. The summed E-state index contributed by atoms with van der Waals surface area (Å²) in [6.07, 6.45) is 3.79. The minimum atomic E-state index is -0.611. The lowest BCUT2D eigenvalue weighted by Gasteiger charge is -2.29. The Morgan fingerprint density at radius 1 is 1.09 bits per heavy atom. The van der Waals surface area contributed by atoms with E-state index in [9.17, 15) is 9.59 Å². The number of methoxy groups -OCH3 is 1. The molecule has 44 heavy (non-hydrogen) atoms. The molecule has 2 amide bonds. The van der Waals surface area contributed by atoms with Crippen LogP contribution in [0.4, 0.5) is 10.5 Å². The molecule has 1 N–H and O–H groups in total. The zero-order valence-electron chi connectivity index (χ0n) is 25.9. The van der Waals surface area contributed by atoms with Crippen LogP contribution in [-0.2, 0) is 14.3 Å². The zero-order valence-corrected chi connectivity index (χ0v) is 25.9. The molecule has 3 aromatic rings. The van der Waals surface area contributed by atoms with Crippen LogP contribution in [0.5, 0.6) is 11.5 Å². The molecule has 11 nitrogen and oxygen atoms in total. The summed E-state index contributed by atoms with van der Waals surface area (Å²) in [7, 11) is 1.61. The van der Waals surface area contributed by atoms with Gasteiger partial charge in [-0.1, -0.05) is 12.1 Å². The lowest BCUT2D eigenvalue weighted by Crippen LogP contribution is -2.37. The molecule has 0 saturated carbocycles. The molecular weight excluding hydrogens is 562 g/mol. The average molecular weight is 604 g/mol. The molecule has 11 heteroatoms. The van der Waals surface area contributed by atoms with Gasteiger partial charge in [-0.3, -0.25) is 9.69 Å². The number of morpholine rings is 1. The Kier molecular flexibility index (Phi) is 8.59. The van der Waals surface area contributed by atoms with Gasteiger partial charge in [0, 0.05) is 43.3 Å². The summed E-state index contributed by atoms with van der Waals surface area (Å²) in [5, 5.41) is 3.79. The Morgan fingerprint density at radius 3 is 2.68 bits per heavy atom. The maximum absolute atomic E-state index is 13.4. The highest BCUT2D eigenvalue weighted by Gasteiger charge is 2.37. The summed E-state index contributed by atoms with van der Waals surface area (Å²) in [5.74, 6) is 0.408. The standard InChI is InChI=1S/C33H41N5O6/c1-33(2,3)44-32(40)38-11-5-7-26(38)21-8-9-22-25(17-21)36-31(39)29(22)30-23-18-27(41-4)28(19-24(23)34-20-35-30)43-14-6-10-37-12-15-42-16-13-37/h8-9,17-20,26,29H,5-7,10-16H2,1-4H3,(H,36,39). The van der Waals surface area contributed by atoms with E-state index in [0.717, 1.165) is 74.3 Å². The van der Waals surface area contributed by atoms with Gasteiger partial charge in [-0.25, -0.2) is 14.8 Å². The first-order chi connectivity index (χ1) is 21.2. The van der Waals surface area contributed by atoms with Crippen molar-refractivity contribution in [3.8, 4) is 11.5 Å². The van der Waals surface area contributed by atoms with E-state index in [1.807, 2.05) is 51.1 Å². The topological polar surface area (TPSA) is 115 Å². The third-order valence-corrected chi connectivity index (χ3v) is 8.38. The molecule has 2 fully saturated rings. The average Bonchev–Trinajstić information content (AvgIpc) is 3.62. The summed E-state index contributed by atoms with van der Waals surface area (Å²) in [6, 6.07) is 9.56. The minimum absolute atomic E-state index is 0.109. The molecule has 0 bridgehead atoms.